The predicted molar refractivity (Wildman–Crippen MR) is 113 cm³/mol. The van der Waals surface area contributed by atoms with E-state index >= 15 is 0 Å². The Balaban J connectivity index is 1.77. The molecule has 3 rings (SSSR count). The van der Waals surface area contributed by atoms with E-state index in [-0.39, 0.29) is 18.4 Å². The predicted octanol–water partition coefficient (Wildman–Crippen LogP) is 3.53. The summed E-state index contributed by atoms with van der Waals surface area (Å²) in [4.78, 5) is 44.0. The van der Waals surface area contributed by atoms with Crippen LogP contribution in [-0.2, 0) is 9.53 Å². The Morgan fingerprint density at radius 2 is 2.13 bits per heavy atom. The van der Waals surface area contributed by atoms with Crippen LogP contribution in [0.3, 0.4) is 0 Å². The summed E-state index contributed by atoms with van der Waals surface area (Å²) in [6.07, 6.45) is 1.22. The minimum atomic E-state index is -0.656. The van der Waals surface area contributed by atoms with Crippen molar-refractivity contribution >= 4 is 45.9 Å². The van der Waals surface area contributed by atoms with Crippen LogP contribution >= 0.6 is 22.9 Å². The number of aromatic nitrogens is 1. The second-order valence-corrected chi connectivity index (χ2v) is 8.08. The lowest BCUT2D eigenvalue weighted by Crippen LogP contribution is -2.43. The Morgan fingerprint density at radius 3 is 2.83 bits per heavy atom. The molecule has 0 saturated carbocycles. The van der Waals surface area contributed by atoms with Crippen LogP contribution in [0.1, 0.15) is 45.5 Å². The zero-order chi connectivity index (χ0) is 21.8. The van der Waals surface area contributed by atoms with Gasteiger partial charge in [-0.25, -0.2) is 9.78 Å². The molecule has 8 nitrogen and oxygen atoms in total. The highest BCUT2D eigenvalue weighted by atomic mass is 35.5. The van der Waals surface area contributed by atoms with Crippen LogP contribution in [-0.4, -0.2) is 54.0 Å². The molecule has 1 aromatic heterocycles. The molecule has 1 unspecified atom stereocenters. The normalized spacial score (nSPS) is 15.7. The largest absolute Gasteiger partial charge is 0.496 e. The molecule has 1 atom stereocenters. The zero-order valence-corrected chi connectivity index (χ0v) is 18.4. The lowest BCUT2D eigenvalue weighted by molar-refractivity contribution is -0.119. The minimum absolute atomic E-state index is 0.254. The number of thiazole rings is 1. The van der Waals surface area contributed by atoms with Crippen molar-refractivity contribution in [2.45, 2.75) is 32.7 Å². The van der Waals surface area contributed by atoms with E-state index in [1.807, 2.05) is 0 Å². The second-order valence-electron chi connectivity index (χ2n) is 6.64. The molecule has 30 heavy (non-hydrogen) atoms. The number of carbonyl (C=O) groups excluding carboxylic acids is 3. The lowest BCUT2D eigenvalue weighted by Gasteiger charge is -2.24. The van der Waals surface area contributed by atoms with Gasteiger partial charge in [-0.15, -0.1) is 0 Å². The van der Waals surface area contributed by atoms with Gasteiger partial charge in [0, 0.05) is 11.6 Å². The molecule has 1 fully saturated rings. The number of nitrogens with one attached hydrogen (secondary N) is 1. The number of hydrogen-bond donors (Lipinski definition) is 1. The van der Waals surface area contributed by atoms with Crippen molar-refractivity contribution in [3.8, 4) is 5.75 Å². The fourth-order valence-electron chi connectivity index (χ4n) is 3.31. The standard InChI is InChI=1S/C20H22ClN3O5S/c1-4-29-19(27)16-11(2)22-20(30-16)23-17(25)14-6-5-9-24(14)18(26)13-10-12(21)7-8-15(13)28-3/h7-8,10,14H,4-6,9H2,1-3H3,(H,22,23,25). The first-order valence-corrected chi connectivity index (χ1v) is 10.6. The van der Waals surface area contributed by atoms with Crippen LogP contribution in [0.5, 0.6) is 5.75 Å². The first kappa shape index (κ1) is 22.0. The summed E-state index contributed by atoms with van der Waals surface area (Å²) in [6.45, 7) is 4.09. The van der Waals surface area contributed by atoms with Crippen LogP contribution in [0.25, 0.3) is 0 Å². The molecule has 1 aliphatic heterocycles. The molecule has 1 aliphatic rings. The molecule has 160 valence electrons. The van der Waals surface area contributed by atoms with E-state index in [4.69, 9.17) is 21.1 Å². The Kier molecular flexibility index (Phi) is 6.94. The third-order valence-electron chi connectivity index (χ3n) is 4.70. The maximum Gasteiger partial charge on any atom is 0.350 e. The summed E-state index contributed by atoms with van der Waals surface area (Å²) in [5.74, 6) is -0.760. The third kappa shape index (κ3) is 4.57. The fraction of sp³-hybridized carbons (Fsp3) is 0.400. The van der Waals surface area contributed by atoms with Crippen molar-refractivity contribution in [2.24, 2.45) is 0 Å². The number of ether oxygens (including phenoxy) is 2. The smallest absolute Gasteiger partial charge is 0.350 e. The summed E-state index contributed by atoms with van der Waals surface area (Å²) >= 11 is 7.10. The minimum Gasteiger partial charge on any atom is -0.496 e. The molecule has 1 saturated heterocycles. The number of aryl methyl sites for hydroxylation is 1. The van der Waals surface area contributed by atoms with Crippen LogP contribution in [0.2, 0.25) is 5.02 Å². The summed E-state index contributed by atoms with van der Waals surface area (Å²) in [5.41, 5.74) is 0.788. The quantitative estimate of drug-likeness (QED) is 0.674. The molecule has 2 amide bonds. The lowest BCUT2D eigenvalue weighted by atomic mass is 10.1. The van der Waals surface area contributed by atoms with Crippen LogP contribution < -0.4 is 10.1 Å². The first-order chi connectivity index (χ1) is 14.3. The highest BCUT2D eigenvalue weighted by molar-refractivity contribution is 7.17. The van der Waals surface area contributed by atoms with E-state index in [9.17, 15) is 14.4 Å². The number of likely N-dealkylation sites (tertiary alicyclic amines) is 1. The Bertz CT molecular complexity index is 977. The van der Waals surface area contributed by atoms with E-state index < -0.39 is 12.0 Å². The van der Waals surface area contributed by atoms with Crippen molar-refractivity contribution in [3.63, 3.8) is 0 Å². The van der Waals surface area contributed by atoms with Crippen molar-refractivity contribution in [2.75, 3.05) is 25.6 Å². The van der Waals surface area contributed by atoms with Crippen LogP contribution in [0, 0.1) is 6.92 Å². The van der Waals surface area contributed by atoms with Crippen LogP contribution in [0.4, 0.5) is 5.13 Å². The molecule has 0 spiro atoms. The van der Waals surface area contributed by atoms with Gasteiger partial charge in [0.1, 0.15) is 16.7 Å². The molecule has 2 heterocycles. The van der Waals surface area contributed by atoms with Gasteiger partial charge >= 0.3 is 5.97 Å². The van der Waals surface area contributed by atoms with Crippen LogP contribution in [0.15, 0.2) is 18.2 Å². The molecule has 0 aliphatic carbocycles. The summed E-state index contributed by atoms with van der Waals surface area (Å²) in [6, 6.07) is 4.13. The SMILES string of the molecule is CCOC(=O)c1sc(NC(=O)C2CCCN2C(=O)c2cc(Cl)ccc2OC)nc1C. The van der Waals surface area contributed by atoms with Gasteiger partial charge in [0.05, 0.1) is 25.0 Å². The molecule has 0 bridgehead atoms. The highest BCUT2D eigenvalue weighted by Gasteiger charge is 2.36. The van der Waals surface area contributed by atoms with Crippen molar-refractivity contribution < 1.29 is 23.9 Å². The summed E-state index contributed by atoms with van der Waals surface area (Å²) in [7, 11) is 1.47. The van der Waals surface area contributed by atoms with Crippen molar-refractivity contribution in [1.29, 1.82) is 0 Å². The monoisotopic (exact) mass is 451 g/mol. The third-order valence-corrected chi connectivity index (χ3v) is 5.98. The van der Waals surface area contributed by atoms with E-state index in [0.717, 1.165) is 11.3 Å². The highest BCUT2D eigenvalue weighted by Crippen LogP contribution is 2.29. The molecule has 1 N–H and O–H groups in total. The molecular weight excluding hydrogens is 430 g/mol. The number of nitrogens with zero attached hydrogens (tertiary/aromatic N) is 2. The topological polar surface area (TPSA) is 97.8 Å². The molecule has 0 radical (unpaired) electrons. The number of rotatable bonds is 6. The van der Waals surface area contributed by atoms with Crippen molar-refractivity contribution in [1.82, 2.24) is 9.88 Å². The van der Waals surface area contributed by atoms with Gasteiger partial charge in [0.25, 0.3) is 5.91 Å². The van der Waals surface area contributed by atoms with Gasteiger partial charge in [0.15, 0.2) is 5.13 Å². The van der Waals surface area contributed by atoms with E-state index in [1.165, 1.54) is 18.1 Å². The first-order valence-electron chi connectivity index (χ1n) is 9.45. The molecule has 10 heteroatoms. The number of amides is 2. The number of hydrogen-bond acceptors (Lipinski definition) is 7. The fourth-order valence-corrected chi connectivity index (χ4v) is 4.34. The summed E-state index contributed by atoms with van der Waals surface area (Å²) in [5, 5.41) is 3.43. The van der Waals surface area contributed by atoms with Crippen molar-refractivity contribution in [3.05, 3.63) is 39.4 Å². The number of halogens is 1. The molecular formula is C20H22ClN3O5S. The Hall–Kier alpha value is -2.65. The zero-order valence-electron chi connectivity index (χ0n) is 16.9. The van der Waals surface area contributed by atoms with Gasteiger partial charge in [-0.1, -0.05) is 22.9 Å². The van der Waals surface area contributed by atoms with Gasteiger partial charge < -0.3 is 19.7 Å². The maximum absolute atomic E-state index is 13.1. The summed E-state index contributed by atoms with van der Waals surface area (Å²) < 4.78 is 10.3. The number of carbonyl (C=O) groups is 3. The van der Waals surface area contributed by atoms with E-state index in [0.29, 0.717) is 51.4 Å². The maximum atomic E-state index is 13.1. The van der Waals surface area contributed by atoms with Gasteiger partial charge in [-0.3, -0.25) is 9.59 Å². The van der Waals surface area contributed by atoms with E-state index in [1.54, 1.807) is 26.0 Å². The average molecular weight is 452 g/mol. The van der Waals surface area contributed by atoms with Gasteiger partial charge in [-0.05, 0) is 44.9 Å². The molecule has 2 aromatic rings. The van der Waals surface area contributed by atoms with Gasteiger partial charge in [0.2, 0.25) is 5.91 Å². The number of benzene rings is 1. The molecule has 1 aromatic carbocycles. The van der Waals surface area contributed by atoms with Gasteiger partial charge in [-0.2, -0.15) is 0 Å². The Labute approximate surface area is 183 Å². The van der Waals surface area contributed by atoms with E-state index in [2.05, 4.69) is 10.3 Å². The number of esters is 1. The second kappa shape index (κ2) is 9.44. The average Bonchev–Trinajstić information content (AvgIpc) is 3.34. The number of methoxy groups -OCH3 is 1. The number of anilines is 1. The Morgan fingerprint density at radius 1 is 1.37 bits per heavy atom.